The Morgan fingerprint density at radius 3 is 2.37 bits per heavy atom. The average Bonchev–Trinajstić information content (AvgIpc) is 2.72. The predicted molar refractivity (Wildman–Crippen MR) is 106 cm³/mol. The highest BCUT2D eigenvalue weighted by molar-refractivity contribution is 6.00. The number of amides is 1. The van der Waals surface area contributed by atoms with E-state index in [0.717, 1.165) is 32.1 Å². The lowest BCUT2D eigenvalue weighted by Crippen LogP contribution is -2.41. The van der Waals surface area contributed by atoms with Crippen LogP contribution in [0.4, 0.5) is 30.5 Å². The van der Waals surface area contributed by atoms with E-state index < -0.39 is 22.9 Å². The molecule has 1 aromatic heterocycles. The molecule has 2 heterocycles. The number of alkyl halides is 3. The second-order valence-electron chi connectivity index (χ2n) is 7.85. The van der Waals surface area contributed by atoms with Gasteiger partial charge in [-0.05, 0) is 25.7 Å². The molecule has 0 unspecified atom stereocenters. The standard InChI is InChI=1S/C19H26F3N5O3/c1-23-16-15(27(29)30)11-14(18(28)24-13-5-3-2-4-6-13)17(25-16)26-9-7-12(8-10-26)19(20,21)22/h11-13H,2-10H2,1H3,(H,23,25)(H,24,28). The molecule has 8 nitrogen and oxygen atoms in total. The second kappa shape index (κ2) is 9.05. The second-order valence-corrected chi connectivity index (χ2v) is 7.85. The predicted octanol–water partition coefficient (Wildman–Crippen LogP) is 3.87. The molecule has 2 aliphatic rings. The third-order valence-corrected chi connectivity index (χ3v) is 5.86. The maximum atomic E-state index is 13.0. The summed E-state index contributed by atoms with van der Waals surface area (Å²) in [5, 5.41) is 17.0. The minimum atomic E-state index is -4.26. The first-order valence-corrected chi connectivity index (χ1v) is 10.2. The van der Waals surface area contributed by atoms with Crippen molar-refractivity contribution < 1.29 is 22.9 Å². The van der Waals surface area contributed by atoms with Gasteiger partial charge >= 0.3 is 11.9 Å². The van der Waals surface area contributed by atoms with Crippen LogP contribution in [-0.2, 0) is 0 Å². The fraction of sp³-hybridized carbons (Fsp3) is 0.684. The van der Waals surface area contributed by atoms with Gasteiger partial charge in [0.25, 0.3) is 5.91 Å². The number of carbonyl (C=O) groups is 1. The van der Waals surface area contributed by atoms with Crippen LogP contribution in [0.5, 0.6) is 0 Å². The van der Waals surface area contributed by atoms with E-state index in [2.05, 4.69) is 15.6 Å². The molecule has 0 aromatic carbocycles. The Morgan fingerprint density at radius 1 is 1.20 bits per heavy atom. The van der Waals surface area contributed by atoms with E-state index in [-0.39, 0.29) is 54.9 Å². The van der Waals surface area contributed by atoms with Crippen LogP contribution in [0, 0.1) is 16.0 Å². The first-order valence-electron chi connectivity index (χ1n) is 10.2. The van der Waals surface area contributed by atoms with Gasteiger partial charge in [-0.15, -0.1) is 0 Å². The summed E-state index contributed by atoms with van der Waals surface area (Å²) in [6.45, 7) is 0.143. The Morgan fingerprint density at radius 2 is 1.83 bits per heavy atom. The first kappa shape index (κ1) is 22.1. The van der Waals surface area contributed by atoms with Crippen LogP contribution in [0.25, 0.3) is 0 Å². The largest absolute Gasteiger partial charge is 0.391 e. The van der Waals surface area contributed by atoms with E-state index >= 15 is 0 Å². The van der Waals surface area contributed by atoms with Gasteiger partial charge in [-0.3, -0.25) is 14.9 Å². The molecule has 1 saturated carbocycles. The number of anilines is 2. The normalized spacial score (nSPS) is 18.9. The van der Waals surface area contributed by atoms with Gasteiger partial charge in [0.1, 0.15) is 5.82 Å². The third-order valence-electron chi connectivity index (χ3n) is 5.86. The van der Waals surface area contributed by atoms with Crippen molar-refractivity contribution >= 4 is 23.2 Å². The van der Waals surface area contributed by atoms with E-state index in [1.807, 2.05) is 0 Å². The molecule has 0 bridgehead atoms. The molecule has 1 saturated heterocycles. The number of nitrogens with zero attached hydrogens (tertiary/aromatic N) is 3. The van der Waals surface area contributed by atoms with Crippen molar-refractivity contribution in [2.75, 3.05) is 30.4 Å². The Balaban J connectivity index is 1.90. The van der Waals surface area contributed by atoms with Crippen molar-refractivity contribution in [1.82, 2.24) is 10.3 Å². The topological polar surface area (TPSA) is 100 Å². The zero-order valence-corrected chi connectivity index (χ0v) is 16.8. The molecule has 0 spiro atoms. The maximum absolute atomic E-state index is 13.0. The van der Waals surface area contributed by atoms with Crippen molar-refractivity contribution in [2.45, 2.75) is 57.2 Å². The van der Waals surface area contributed by atoms with Gasteiger partial charge in [0.15, 0.2) is 0 Å². The van der Waals surface area contributed by atoms with Crippen molar-refractivity contribution in [3.63, 3.8) is 0 Å². The van der Waals surface area contributed by atoms with Gasteiger partial charge in [-0.2, -0.15) is 13.2 Å². The number of nitro groups is 1. The Bertz CT molecular complexity index is 788. The maximum Gasteiger partial charge on any atom is 0.391 e. The summed E-state index contributed by atoms with van der Waals surface area (Å²) in [4.78, 5) is 29.7. The molecule has 2 fully saturated rings. The van der Waals surface area contributed by atoms with E-state index in [1.54, 1.807) is 4.90 Å². The van der Waals surface area contributed by atoms with Gasteiger partial charge in [0.05, 0.1) is 16.4 Å². The molecule has 166 valence electrons. The SMILES string of the molecule is CNc1nc(N2CCC(C(F)(F)F)CC2)c(C(=O)NC2CCCCC2)cc1[N+](=O)[O-]. The summed E-state index contributed by atoms with van der Waals surface area (Å²) in [6, 6.07) is 1.15. The molecule has 3 rings (SSSR count). The third kappa shape index (κ3) is 4.93. The molecule has 2 N–H and O–H groups in total. The summed E-state index contributed by atoms with van der Waals surface area (Å²) in [5.74, 6) is -1.72. The summed E-state index contributed by atoms with van der Waals surface area (Å²) in [6.07, 6.45) is 0.299. The quantitative estimate of drug-likeness (QED) is 0.544. The molecule has 1 aliphatic carbocycles. The van der Waals surface area contributed by atoms with E-state index in [1.165, 1.54) is 13.1 Å². The molecule has 1 aliphatic heterocycles. The number of piperidine rings is 1. The van der Waals surface area contributed by atoms with Crippen LogP contribution < -0.4 is 15.5 Å². The van der Waals surface area contributed by atoms with Crippen LogP contribution in [0.1, 0.15) is 55.3 Å². The molecule has 1 amide bonds. The van der Waals surface area contributed by atoms with Crippen molar-refractivity contribution in [3.8, 4) is 0 Å². The zero-order chi connectivity index (χ0) is 21.9. The smallest absolute Gasteiger partial charge is 0.367 e. The molecular weight excluding hydrogens is 403 g/mol. The van der Waals surface area contributed by atoms with E-state index in [9.17, 15) is 28.1 Å². The van der Waals surface area contributed by atoms with Crippen LogP contribution in [0.2, 0.25) is 0 Å². The number of carbonyl (C=O) groups excluding carboxylic acids is 1. The molecule has 11 heteroatoms. The Hall–Kier alpha value is -2.59. The number of hydrogen-bond acceptors (Lipinski definition) is 6. The molecule has 30 heavy (non-hydrogen) atoms. The zero-order valence-electron chi connectivity index (χ0n) is 16.8. The van der Waals surface area contributed by atoms with Gasteiger partial charge in [-0.25, -0.2) is 4.98 Å². The van der Waals surface area contributed by atoms with Gasteiger partial charge in [0, 0.05) is 32.2 Å². The van der Waals surface area contributed by atoms with Gasteiger partial charge in [-0.1, -0.05) is 19.3 Å². The minimum Gasteiger partial charge on any atom is -0.367 e. The molecule has 0 atom stereocenters. The summed E-state index contributed by atoms with van der Waals surface area (Å²) in [5.41, 5.74) is -0.322. The van der Waals surface area contributed by atoms with Crippen molar-refractivity contribution in [1.29, 1.82) is 0 Å². The highest BCUT2D eigenvalue weighted by Gasteiger charge is 2.42. The number of aromatic nitrogens is 1. The summed E-state index contributed by atoms with van der Waals surface area (Å²) >= 11 is 0. The van der Waals surface area contributed by atoms with Gasteiger partial charge in [0.2, 0.25) is 5.82 Å². The number of nitrogens with one attached hydrogen (secondary N) is 2. The monoisotopic (exact) mass is 429 g/mol. The molecule has 0 radical (unpaired) electrons. The lowest BCUT2D eigenvalue weighted by Gasteiger charge is -2.34. The summed E-state index contributed by atoms with van der Waals surface area (Å²) < 4.78 is 39.0. The van der Waals surface area contributed by atoms with Crippen LogP contribution in [0.15, 0.2) is 6.07 Å². The highest BCUT2D eigenvalue weighted by Crippen LogP contribution is 2.37. The van der Waals surface area contributed by atoms with Crippen LogP contribution in [0.3, 0.4) is 0 Å². The first-order chi connectivity index (χ1) is 14.2. The average molecular weight is 429 g/mol. The summed E-state index contributed by atoms with van der Waals surface area (Å²) in [7, 11) is 1.47. The van der Waals surface area contributed by atoms with Gasteiger partial charge < -0.3 is 15.5 Å². The number of hydrogen-bond donors (Lipinski definition) is 2. The number of halogens is 3. The fourth-order valence-corrected chi connectivity index (χ4v) is 4.15. The van der Waals surface area contributed by atoms with Crippen LogP contribution >= 0.6 is 0 Å². The van der Waals surface area contributed by atoms with E-state index in [0.29, 0.717) is 0 Å². The Labute approximate surface area is 172 Å². The lowest BCUT2D eigenvalue weighted by atomic mass is 9.95. The number of pyridine rings is 1. The molecule has 1 aromatic rings. The van der Waals surface area contributed by atoms with Crippen molar-refractivity contribution in [3.05, 3.63) is 21.7 Å². The minimum absolute atomic E-state index is 0.0156. The fourth-order valence-electron chi connectivity index (χ4n) is 4.15. The molecular formula is C19H26F3N5O3. The highest BCUT2D eigenvalue weighted by atomic mass is 19.4. The number of rotatable bonds is 5. The van der Waals surface area contributed by atoms with Crippen LogP contribution in [-0.4, -0.2) is 48.2 Å². The Kier molecular flexibility index (Phi) is 6.67. The van der Waals surface area contributed by atoms with E-state index in [4.69, 9.17) is 0 Å². The van der Waals surface area contributed by atoms with Crippen molar-refractivity contribution in [2.24, 2.45) is 5.92 Å². The lowest BCUT2D eigenvalue weighted by molar-refractivity contribution is -0.384.